The normalized spacial score (nSPS) is 31.4. The first-order chi connectivity index (χ1) is 7.77. The van der Waals surface area contributed by atoms with Crippen LogP contribution < -0.4 is 5.32 Å². The molecule has 1 N–H and O–H groups in total. The Morgan fingerprint density at radius 2 is 2.44 bits per heavy atom. The van der Waals surface area contributed by atoms with Gasteiger partial charge < -0.3 is 15.0 Å². The predicted molar refractivity (Wildman–Crippen MR) is 62.2 cm³/mol. The smallest absolute Gasteiger partial charge is 0.223 e. The van der Waals surface area contributed by atoms with Gasteiger partial charge in [-0.3, -0.25) is 4.79 Å². The molecular formula is C12H22N2O2. The van der Waals surface area contributed by atoms with E-state index in [0.29, 0.717) is 31.5 Å². The Labute approximate surface area is 97.3 Å². The van der Waals surface area contributed by atoms with E-state index in [4.69, 9.17) is 4.74 Å². The minimum atomic E-state index is 0.248. The van der Waals surface area contributed by atoms with Gasteiger partial charge in [-0.15, -0.1) is 0 Å². The van der Waals surface area contributed by atoms with E-state index in [-0.39, 0.29) is 6.04 Å². The predicted octanol–water partition coefficient (Wildman–Crippen LogP) is 0.623. The SMILES string of the molecule is C[C@@H]1COCCN1C(=O)CC1CCCNC1. The molecular weight excluding hydrogens is 204 g/mol. The van der Waals surface area contributed by atoms with Gasteiger partial charge in [0.25, 0.3) is 0 Å². The summed E-state index contributed by atoms with van der Waals surface area (Å²) in [6.07, 6.45) is 3.10. The summed E-state index contributed by atoms with van der Waals surface area (Å²) < 4.78 is 5.35. The average Bonchev–Trinajstić information content (AvgIpc) is 2.31. The van der Waals surface area contributed by atoms with Crippen molar-refractivity contribution in [2.45, 2.75) is 32.2 Å². The van der Waals surface area contributed by atoms with Gasteiger partial charge in [-0.05, 0) is 38.8 Å². The molecule has 1 unspecified atom stereocenters. The van der Waals surface area contributed by atoms with Gasteiger partial charge in [0.05, 0.1) is 19.3 Å². The summed E-state index contributed by atoms with van der Waals surface area (Å²) >= 11 is 0. The molecule has 0 saturated carbocycles. The molecule has 1 amide bonds. The summed E-state index contributed by atoms with van der Waals surface area (Å²) in [7, 11) is 0. The summed E-state index contributed by atoms with van der Waals surface area (Å²) in [6.45, 7) is 6.33. The van der Waals surface area contributed by atoms with Crippen molar-refractivity contribution in [3.63, 3.8) is 0 Å². The van der Waals surface area contributed by atoms with Gasteiger partial charge in [0.2, 0.25) is 5.91 Å². The number of carbonyl (C=O) groups is 1. The van der Waals surface area contributed by atoms with E-state index in [2.05, 4.69) is 12.2 Å². The van der Waals surface area contributed by atoms with Gasteiger partial charge in [-0.1, -0.05) is 0 Å². The van der Waals surface area contributed by atoms with Gasteiger partial charge >= 0.3 is 0 Å². The quantitative estimate of drug-likeness (QED) is 0.750. The first kappa shape index (κ1) is 11.9. The lowest BCUT2D eigenvalue weighted by molar-refractivity contribution is -0.140. The summed E-state index contributed by atoms with van der Waals surface area (Å²) in [5, 5.41) is 3.36. The zero-order valence-corrected chi connectivity index (χ0v) is 10.1. The van der Waals surface area contributed by atoms with Crippen LogP contribution >= 0.6 is 0 Å². The molecule has 0 aliphatic carbocycles. The van der Waals surface area contributed by atoms with Crippen molar-refractivity contribution in [2.75, 3.05) is 32.8 Å². The van der Waals surface area contributed by atoms with Crippen LogP contribution in [-0.2, 0) is 9.53 Å². The first-order valence-electron chi connectivity index (χ1n) is 6.35. The van der Waals surface area contributed by atoms with E-state index in [1.165, 1.54) is 12.8 Å². The highest BCUT2D eigenvalue weighted by Gasteiger charge is 2.26. The van der Waals surface area contributed by atoms with E-state index in [9.17, 15) is 4.79 Å². The lowest BCUT2D eigenvalue weighted by atomic mass is 9.95. The maximum absolute atomic E-state index is 12.1. The fourth-order valence-corrected chi connectivity index (χ4v) is 2.56. The lowest BCUT2D eigenvalue weighted by Crippen LogP contribution is -2.48. The second-order valence-electron chi connectivity index (χ2n) is 4.93. The van der Waals surface area contributed by atoms with Crippen molar-refractivity contribution in [3.8, 4) is 0 Å². The second-order valence-corrected chi connectivity index (χ2v) is 4.93. The van der Waals surface area contributed by atoms with Crippen molar-refractivity contribution < 1.29 is 9.53 Å². The molecule has 2 aliphatic heterocycles. The molecule has 92 valence electrons. The molecule has 4 heteroatoms. The molecule has 0 spiro atoms. The molecule has 2 saturated heterocycles. The fraction of sp³-hybridized carbons (Fsp3) is 0.917. The number of nitrogens with zero attached hydrogens (tertiary/aromatic N) is 1. The van der Waals surface area contributed by atoms with Crippen molar-refractivity contribution in [1.82, 2.24) is 10.2 Å². The van der Waals surface area contributed by atoms with Gasteiger partial charge in [0.15, 0.2) is 0 Å². The second kappa shape index (κ2) is 5.64. The van der Waals surface area contributed by atoms with Crippen LogP contribution in [0.5, 0.6) is 0 Å². The third-order valence-electron chi connectivity index (χ3n) is 3.55. The Morgan fingerprint density at radius 3 is 3.12 bits per heavy atom. The molecule has 2 aliphatic rings. The maximum Gasteiger partial charge on any atom is 0.223 e. The van der Waals surface area contributed by atoms with Crippen molar-refractivity contribution in [3.05, 3.63) is 0 Å². The van der Waals surface area contributed by atoms with Crippen molar-refractivity contribution in [1.29, 1.82) is 0 Å². The lowest BCUT2D eigenvalue weighted by Gasteiger charge is -2.34. The summed E-state index contributed by atoms with van der Waals surface area (Å²) in [5.41, 5.74) is 0. The molecule has 2 atom stereocenters. The molecule has 2 heterocycles. The van der Waals surface area contributed by atoms with Crippen LogP contribution in [0.1, 0.15) is 26.2 Å². The zero-order valence-electron chi connectivity index (χ0n) is 10.1. The number of morpholine rings is 1. The number of carbonyl (C=O) groups excluding carboxylic acids is 1. The van der Waals surface area contributed by atoms with Crippen LogP contribution in [0.3, 0.4) is 0 Å². The highest BCUT2D eigenvalue weighted by molar-refractivity contribution is 5.76. The molecule has 0 radical (unpaired) electrons. The molecule has 0 aromatic rings. The summed E-state index contributed by atoms with van der Waals surface area (Å²) in [6, 6.07) is 0.248. The number of piperidine rings is 1. The molecule has 2 fully saturated rings. The number of rotatable bonds is 2. The monoisotopic (exact) mass is 226 g/mol. The molecule has 0 bridgehead atoms. The largest absolute Gasteiger partial charge is 0.377 e. The van der Waals surface area contributed by atoms with Crippen LogP contribution in [0.4, 0.5) is 0 Å². The maximum atomic E-state index is 12.1. The molecule has 0 aromatic carbocycles. The number of hydrogen-bond donors (Lipinski definition) is 1. The Bertz CT molecular complexity index is 239. The standard InChI is InChI=1S/C12H22N2O2/c1-10-9-16-6-5-14(10)12(15)7-11-3-2-4-13-8-11/h10-11,13H,2-9H2,1H3/t10-,11?/m1/s1. The van der Waals surface area contributed by atoms with E-state index < -0.39 is 0 Å². The molecule has 2 rings (SSSR count). The fourth-order valence-electron chi connectivity index (χ4n) is 2.56. The highest BCUT2D eigenvalue weighted by Crippen LogP contribution is 2.17. The van der Waals surface area contributed by atoms with Gasteiger partial charge in [0.1, 0.15) is 0 Å². The molecule has 0 aromatic heterocycles. The van der Waals surface area contributed by atoms with Crippen LogP contribution in [-0.4, -0.2) is 49.7 Å². The Morgan fingerprint density at radius 1 is 1.56 bits per heavy atom. The average molecular weight is 226 g/mol. The van der Waals surface area contributed by atoms with Crippen LogP contribution in [0.2, 0.25) is 0 Å². The van der Waals surface area contributed by atoms with Crippen LogP contribution in [0.25, 0.3) is 0 Å². The minimum Gasteiger partial charge on any atom is -0.377 e. The molecule has 16 heavy (non-hydrogen) atoms. The highest BCUT2D eigenvalue weighted by atomic mass is 16.5. The minimum absolute atomic E-state index is 0.248. The summed E-state index contributed by atoms with van der Waals surface area (Å²) in [4.78, 5) is 14.1. The van der Waals surface area contributed by atoms with E-state index >= 15 is 0 Å². The third-order valence-corrected chi connectivity index (χ3v) is 3.55. The van der Waals surface area contributed by atoms with Crippen molar-refractivity contribution in [2.24, 2.45) is 5.92 Å². The number of hydrogen-bond acceptors (Lipinski definition) is 3. The Hall–Kier alpha value is -0.610. The zero-order chi connectivity index (χ0) is 11.4. The Balaban J connectivity index is 1.81. The summed E-state index contributed by atoms with van der Waals surface area (Å²) in [5.74, 6) is 0.848. The molecule has 4 nitrogen and oxygen atoms in total. The van der Waals surface area contributed by atoms with Gasteiger partial charge in [0, 0.05) is 13.0 Å². The topological polar surface area (TPSA) is 41.6 Å². The number of nitrogens with one attached hydrogen (secondary N) is 1. The third kappa shape index (κ3) is 2.95. The van der Waals surface area contributed by atoms with Crippen LogP contribution in [0.15, 0.2) is 0 Å². The number of amides is 1. The van der Waals surface area contributed by atoms with Gasteiger partial charge in [-0.2, -0.15) is 0 Å². The van der Waals surface area contributed by atoms with E-state index in [0.717, 1.165) is 19.6 Å². The van der Waals surface area contributed by atoms with Crippen molar-refractivity contribution >= 4 is 5.91 Å². The van der Waals surface area contributed by atoms with Crippen LogP contribution in [0, 0.1) is 5.92 Å². The van der Waals surface area contributed by atoms with E-state index in [1.807, 2.05) is 4.90 Å². The number of ether oxygens (including phenoxy) is 1. The first-order valence-corrected chi connectivity index (χ1v) is 6.35. The Kier molecular flexibility index (Phi) is 4.18. The van der Waals surface area contributed by atoms with E-state index in [1.54, 1.807) is 0 Å². The van der Waals surface area contributed by atoms with Gasteiger partial charge in [-0.25, -0.2) is 0 Å².